The third-order valence-corrected chi connectivity index (χ3v) is 3.50. The van der Waals surface area contributed by atoms with Gasteiger partial charge in [0, 0.05) is 11.5 Å². The highest BCUT2D eigenvalue weighted by atomic mass is 16.1. The van der Waals surface area contributed by atoms with Crippen LogP contribution in [0.1, 0.15) is 60.8 Å². The smallest absolute Gasteiger partial charge is 0.185 e. The number of unbranched alkanes of at least 4 members (excludes halogenated alkanes) is 1. The van der Waals surface area contributed by atoms with Crippen LogP contribution >= 0.6 is 0 Å². The molecule has 0 bridgehead atoms. The van der Waals surface area contributed by atoms with Crippen LogP contribution in [0.4, 0.5) is 0 Å². The predicted molar refractivity (Wildman–Crippen MR) is 73.9 cm³/mol. The van der Waals surface area contributed by atoms with Gasteiger partial charge in [-0.05, 0) is 30.8 Å². The molecule has 0 saturated carbocycles. The van der Waals surface area contributed by atoms with Gasteiger partial charge in [-0.25, -0.2) is 0 Å². The Morgan fingerprint density at radius 2 is 1.88 bits per heavy atom. The molecule has 0 saturated heterocycles. The van der Waals surface area contributed by atoms with Gasteiger partial charge < -0.3 is 0 Å². The van der Waals surface area contributed by atoms with Crippen molar-refractivity contribution in [3.05, 3.63) is 22.8 Å². The van der Waals surface area contributed by atoms with Crippen molar-refractivity contribution >= 4 is 5.78 Å². The van der Waals surface area contributed by atoms with Gasteiger partial charge in [0.05, 0.1) is 0 Å². The first-order valence-corrected chi connectivity index (χ1v) is 6.75. The van der Waals surface area contributed by atoms with Crippen LogP contribution in [0.25, 0.3) is 0 Å². The molecule has 0 N–H and O–H groups in total. The molecule has 1 aliphatic carbocycles. The maximum atomic E-state index is 12.4. The maximum absolute atomic E-state index is 12.4. The lowest BCUT2D eigenvalue weighted by Gasteiger charge is -2.16. The Kier molecular flexibility index (Phi) is 4.35. The van der Waals surface area contributed by atoms with Crippen LogP contribution in [-0.4, -0.2) is 5.78 Å². The number of rotatable bonds is 3. The SMILES string of the molecule is CCCCC1=C(C)[C@H](C)/C(=C\C(C)(C)C)C1=O. The number of carbonyl (C=O) groups is 1. The number of Topliss-reactive ketones (excluding diaryl/α,β-unsaturated/α-hetero) is 1. The molecule has 96 valence electrons. The summed E-state index contributed by atoms with van der Waals surface area (Å²) in [4.78, 5) is 12.4. The van der Waals surface area contributed by atoms with E-state index in [2.05, 4.69) is 47.6 Å². The van der Waals surface area contributed by atoms with E-state index in [1.807, 2.05) is 0 Å². The number of hydrogen-bond donors (Lipinski definition) is 0. The predicted octanol–water partition coefficient (Wildman–Crippen LogP) is 4.68. The molecule has 1 rings (SSSR count). The Bertz CT molecular complexity index is 363. The van der Waals surface area contributed by atoms with Crippen LogP contribution in [0.5, 0.6) is 0 Å². The van der Waals surface area contributed by atoms with Crippen molar-refractivity contribution in [1.82, 2.24) is 0 Å². The van der Waals surface area contributed by atoms with E-state index < -0.39 is 0 Å². The van der Waals surface area contributed by atoms with Crippen LogP contribution in [0.15, 0.2) is 22.8 Å². The van der Waals surface area contributed by atoms with Gasteiger partial charge in [-0.15, -0.1) is 0 Å². The highest BCUT2D eigenvalue weighted by Gasteiger charge is 2.32. The Hall–Kier alpha value is -0.850. The van der Waals surface area contributed by atoms with E-state index in [0.717, 1.165) is 30.4 Å². The average molecular weight is 234 g/mol. The van der Waals surface area contributed by atoms with Crippen molar-refractivity contribution in [2.45, 2.75) is 60.8 Å². The molecule has 17 heavy (non-hydrogen) atoms. The minimum absolute atomic E-state index is 0.0831. The highest BCUT2D eigenvalue weighted by Crippen LogP contribution is 2.37. The Morgan fingerprint density at radius 1 is 1.29 bits per heavy atom. The molecular formula is C16H26O. The summed E-state index contributed by atoms with van der Waals surface area (Å²) >= 11 is 0. The van der Waals surface area contributed by atoms with Gasteiger partial charge in [0.1, 0.15) is 0 Å². The van der Waals surface area contributed by atoms with Crippen molar-refractivity contribution < 1.29 is 4.79 Å². The standard InChI is InChI=1S/C16H26O/c1-7-8-9-13-11(2)12(3)14(15(13)17)10-16(4,5)6/h10,12H,7-9H2,1-6H3/b14-10+/t12-/m0/s1. The summed E-state index contributed by atoms with van der Waals surface area (Å²) in [6, 6.07) is 0. The average Bonchev–Trinajstić information content (AvgIpc) is 2.40. The zero-order valence-corrected chi connectivity index (χ0v) is 12.2. The molecule has 1 atom stereocenters. The molecule has 0 aliphatic heterocycles. The second-order valence-electron chi connectivity index (χ2n) is 6.28. The van der Waals surface area contributed by atoms with E-state index in [9.17, 15) is 4.79 Å². The second-order valence-corrected chi connectivity index (χ2v) is 6.28. The fraction of sp³-hybridized carbons (Fsp3) is 0.688. The van der Waals surface area contributed by atoms with Gasteiger partial charge >= 0.3 is 0 Å². The second kappa shape index (κ2) is 5.20. The molecule has 0 fully saturated rings. The fourth-order valence-electron chi connectivity index (χ4n) is 2.37. The monoisotopic (exact) mass is 234 g/mol. The molecule has 0 aromatic rings. The van der Waals surface area contributed by atoms with Crippen molar-refractivity contribution in [3.8, 4) is 0 Å². The van der Waals surface area contributed by atoms with Crippen LogP contribution in [0, 0.1) is 11.3 Å². The molecule has 0 unspecified atom stereocenters. The van der Waals surface area contributed by atoms with Crippen molar-refractivity contribution in [2.24, 2.45) is 11.3 Å². The van der Waals surface area contributed by atoms with E-state index >= 15 is 0 Å². The molecule has 0 spiro atoms. The summed E-state index contributed by atoms with van der Waals surface area (Å²) in [6.45, 7) is 12.9. The highest BCUT2D eigenvalue weighted by molar-refractivity contribution is 6.12. The zero-order chi connectivity index (χ0) is 13.2. The third kappa shape index (κ3) is 3.31. The topological polar surface area (TPSA) is 17.1 Å². The summed E-state index contributed by atoms with van der Waals surface area (Å²) in [5.41, 5.74) is 3.47. The Morgan fingerprint density at radius 3 is 2.35 bits per heavy atom. The first-order chi connectivity index (χ1) is 7.78. The minimum atomic E-state index is 0.0831. The van der Waals surface area contributed by atoms with Crippen molar-refractivity contribution in [3.63, 3.8) is 0 Å². The van der Waals surface area contributed by atoms with Crippen molar-refractivity contribution in [2.75, 3.05) is 0 Å². The Balaban J connectivity index is 2.99. The molecule has 1 nitrogen and oxygen atoms in total. The van der Waals surface area contributed by atoms with Crippen LogP contribution < -0.4 is 0 Å². The lowest BCUT2D eigenvalue weighted by atomic mass is 9.88. The van der Waals surface area contributed by atoms with Gasteiger partial charge in [0.15, 0.2) is 5.78 Å². The van der Waals surface area contributed by atoms with Crippen LogP contribution in [0.2, 0.25) is 0 Å². The quantitative estimate of drug-likeness (QED) is 0.648. The molecule has 0 heterocycles. The first kappa shape index (κ1) is 14.2. The molecule has 0 aromatic carbocycles. The van der Waals surface area contributed by atoms with Crippen LogP contribution in [-0.2, 0) is 4.79 Å². The number of carbonyl (C=O) groups excluding carboxylic acids is 1. The lowest BCUT2D eigenvalue weighted by molar-refractivity contribution is -0.112. The molecule has 0 aromatic heterocycles. The van der Waals surface area contributed by atoms with Gasteiger partial charge in [0.25, 0.3) is 0 Å². The Labute approximate surface area is 106 Å². The number of allylic oxidation sites excluding steroid dienone is 4. The number of hydrogen-bond acceptors (Lipinski definition) is 1. The van der Waals surface area contributed by atoms with E-state index in [-0.39, 0.29) is 5.41 Å². The summed E-state index contributed by atoms with van der Waals surface area (Å²) in [5.74, 6) is 0.618. The van der Waals surface area contributed by atoms with Gasteiger partial charge in [0.2, 0.25) is 0 Å². The molecular weight excluding hydrogens is 208 g/mol. The fourth-order valence-corrected chi connectivity index (χ4v) is 2.37. The van der Waals surface area contributed by atoms with E-state index in [1.54, 1.807) is 0 Å². The van der Waals surface area contributed by atoms with Gasteiger partial charge in [-0.2, -0.15) is 0 Å². The molecule has 0 radical (unpaired) electrons. The van der Waals surface area contributed by atoms with E-state index in [1.165, 1.54) is 5.57 Å². The zero-order valence-electron chi connectivity index (χ0n) is 12.2. The summed E-state index contributed by atoms with van der Waals surface area (Å²) < 4.78 is 0. The normalized spacial score (nSPS) is 24.0. The van der Waals surface area contributed by atoms with E-state index in [0.29, 0.717) is 11.7 Å². The van der Waals surface area contributed by atoms with E-state index in [4.69, 9.17) is 0 Å². The molecule has 1 aliphatic rings. The summed E-state index contributed by atoms with van der Waals surface area (Å²) in [5, 5.41) is 0. The molecule has 0 amide bonds. The maximum Gasteiger partial charge on any atom is 0.185 e. The van der Waals surface area contributed by atoms with Gasteiger partial charge in [-0.3, -0.25) is 4.79 Å². The van der Waals surface area contributed by atoms with Crippen LogP contribution in [0.3, 0.4) is 0 Å². The summed E-state index contributed by atoms with van der Waals surface area (Å²) in [6.07, 6.45) is 5.38. The molecule has 1 heteroatoms. The van der Waals surface area contributed by atoms with Gasteiger partial charge in [-0.1, -0.05) is 52.7 Å². The summed E-state index contributed by atoms with van der Waals surface area (Å²) in [7, 11) is 0. The van der Waals surface area contributed by atoms with Crippen molar-refractivity contribution in [1.29, 1.82) is 0 Å². The largest absolute Gasteiger partial charge is 0.289 e. The minimum Gasteiger partial charge on any atom is -0.289 e. The lowest BCUT2D eigenvalue weighted by Crippen LogP contribution is -2.09. The first-order valence-electron chi connectivity index (χ1n) is 6.75. The number of ketones is 1. The third-order valence-electron chi connectivity index (χ3n) is 3.50.